The van der Waals surface area contributed by atoms with E-state index in [4.69, 9.17) is 4.74 Å². The molecule has 3 N–H and O–H groups in total. The molecular weight excluding hydrogens is 262 g/mol. The summed E-state index contributed by atoms with van der Waals surface area (Å²) in [6, 6.07) is 0. The van der Waals surface area contributed by atoms with Crippen molar-refractivity contribution in [2.45, 2.75) is 25.0 Å². The Hall–Kier alpha value is -1.57. The molecule has 3 atom stereocenters. The summed E-state index contributed by atoms with van der Waals surface area (Å²) in [5.74, 6) is -0.329. The lowest BCUT2D eigenvalue weighted by atomic mass is 9.86. The smallest absolute Gasteiger partial charge is 0.271 e. The predicted molar refractivity (Wildman–Crippen MR) is 69.9 cm³/mol. The van der Waals surface area contributed by atoms with E-state index in [1.807, 2.05) is 0 Å². The van der Waals surface area contributed by atoms with Crippen LogP contribution in [-0.2, 0) is 4.74 Å². The van der Waals surface area contributed by atoms with E-state index in [0.717, 1.165) is 0 Å². The first-order valence-electron chi connectivity index (χ1n) is 6.46. The van der Waals surface area contributed by atoms with Gasteiger partial charge in [0.1, 0.15) is 5.69 Å². The quantitative estimate of drug-likeness (QED) is 0.663. The summed E-state index contributed by atoms with van der Waals surface area (Å²) in [6.07, 6.45) is 3.55. The van der Waals surface area contributed by atoms with Gasteiger partial charge in [-0.25, -0.2) is 4.98 Å². The lowest BCUT2D eigenvalue weighted by molar-refractivity contribution is 0.0438. The summed E-state index contributed by atoms with van der Waals surface area (Å²) in [7, 11) is 1.56. The van der Waals surface area contributed by atoms with Crippen molar-refractivity contribution in [3.05, 3.63) is 24.3 Å². The van der Waals surface area contributed by atoms with Crippen molar-refractivity contribution in [1.29, 1.82) is 0 Å². The predicted octanol–water partition coefficient (Wildman–Crippen LogP) is -0.645. The summed E-state index contributed by atoms with van der Waals surface area (Å²) in [4.78, 5) is 19.7. The molecule has 1 saturated carbocycles. The van der Waals surface area contributed by atoms with E-state index in [1.165, 1.54) is 18.6 Å². The number of hydrogen-bond donors (Lipinski definition) is 3. The number of ether oxygens (including phenoxy) is 1. The lowest BCUT2D eigenvalue weighted by Crippen LogP contribution is -2.39. The first-order valence-corrected chi connectivity index (χ1v) is 6.46. The number of aromatic nitrogens is 2. The summed E-state index contributed by atoms with van der Waals surface area (Å²) >= 11 is 0. The molecule has 0 saturated heterocycles. The molecule has 1 aliphatic rings. The highest BCUT2D eigenvalue weighted by Gasteiger charge is 2.44. The molecule has 1 fully saturated rings. The molecule has 20 heavy (non-hydrogen) atoms. The maximum atomic E-state index is 11.9. The van der Waals surface area contributed by atoms with Gasteiger partial charge in [0.05, 0.1) is 25.0 Å². The number of methoxy groups -OCH3 is 1. The molecule has 1 heterocycles. The van der Waals surface area contributed by atoms with E-state index in [1.54, 1.807) is 7.11 Å². The van der Waals surface area contributed by atoms with Crippen molar-refractivity contribution < 1.29 is 19.7 Å². The Morgan fingerprint density at radius 1 is 1.45 bits per heavy atom. The van der Waals surface area contributed by atoms with Gasteiger partial charge in [-0.2, -0.15) is 0 Å². The molecule has 1 aliphatic carbocycles. The fourth-order valence-corrected chi connectivity index (χ4v) is 2.64. The van der Waals surface area contributed by atoms with Crippen molar-refractivity contribution in [3.8, 4) is 0 Å². The van der Waals surface area contributed by atoms with Gasteiger partial charge in [0.25, 0.3) is 5.91 Å². The van der Waals surface area contributed by atoms with Crippen LogP contribution in [0.1, 0.15) is 23.3 Å². The number of hydrogen-bond acceptors (Lipinski definition) is 6. The number of nitrogens with one attached hydrogen (secondary N) is 1. The zero-order valence-electron chi connectivity index (χ0n) is 11.3. The van der Waals surface area contributed by atoms with Crippen LogP contribution in [0.25, 0.3) is 0 Å². The van der Waals surface area contributed by atoms with Crippen molar-refractivity contribution in [2.75, 3.05) is 20.3 Å². The molecule has 0 radical (unpaired) electrons. The van der Waals surface area contributed by atoms with E-state index in [0.29, 0.717) is 26.0 Å². The van der Waals surface area contributed by atoms with Crippen molar-refractivity contribution >= 4 is 5.91 Å². The standard InChI is InChI=1S/C13H19N3O4/c1-20-8-13(4-10(17)11(18)5-13)7-16-12(19)9-6-14-2-3-15-9/h2-3,6,10-11,17-18H,4-5,7-8H2,1H3,(H,16,19)/t10-,11+,13?. The molecular formula is C13H19N3O4. The van der Waals surface area contributed by atoms with E-state index >= 15 is 0 Å². The number of amides is 1. The second-order valence-electron chi connectivity index (χ2n) is 5.25. The molecule has 7 heteroatoms. The Bertz CT molecular complexity index is 444. The third kappa shape index (κ3) is 3.30. The molecule has 1 aromatic heterocycles. The van der Waals surface area contributed by atoms with E-state index in [-0.39, 0.29) is 11.6 Å². The molecule has 0 bridgehead atoms. The average Bonchev–Trinajstić information content (AvgIpc) is 2.73. The Morgan fingerprint density at radius 2 is 2.15 bits per heavy atom. The van der Waals surface area contributed by atoms with E-state index < -0.39 is 17.6 Å². The van der Waals surface area contributed by atoms with Gasteiger partial charge < -0.3 is 20.3 Å². The molecule has 1 unspecified atom stereocenters. The minimum Gasteiger partial charge on any atom is -0.390 e. The molecule has 110 valence electrons. The van der Waals surface area contributed by atoms with Gasteiger partial charge in [0.15, 0.2) is 0 Å². The number of aliphatic hydroxyl groups is 2. The first-order chi connectivity index (χ1) is 9.56. The minimum absolute atomic E-state index is 0.235. The van der Waals surface area contributed by atoms with Gasteiger partial charge in [-0.05, 0) is 12.8 Å². The largest absolute Gasteiger partial charge is 0.390 e. The fourth-order valence-electron chi connectivity index (χ4n) is 2.64. The molecule has 0 spiro atoms. The molecule has 0 aromatic carbocycles. The fraction of sp³-hybridized carbons (Fsp3) is 0.615. The van der Waals surface area contributed by atoms with Crippen LogP contribution in [-0.4, -0.2) is 58.6 Å². The van der Waals surface area contributed by atoms with Crippen molar-refractivity contribution in [2.24, 2.45) is 5.41 Å². The summed E-state index contributed by atoms with van der Waals surface area (Å²) in [6.45, 7) is 0.673. The summed E-state index contributed by atoms with van der Waals surface area (Å²) in [5.41, 5.74) is -0.218. The van der Waals surface area contributed by atoms with Crippen LogP contribution in [0, 0.1) is 5.41 Å². The topological polar surface area (TPSA) is 105 Å². The summed E-state index contributed by atoms with van der Waals surface area (Å²) in [5, 5.41) is 22.2. The maximum Gasteiger partial charge on any atom is 0.271 e. The molecule has 1 aromatic rings. The molecule has 2 rings (SSSR count). The van der Waals surface area contributed by atoms with Gasteiger partial charge in [-0.3, -0.25) is 9.78 Å². The maximum absolute atomic E-state index is 11.9. The monoisotopic (exact) mass is 281 g/mol. The number of carbonyl (C=O) groups excluding carboxylic acids is 1. The zero-order valence-corrected chi connectivity index (χ0v) is 11.3. The van der Waals surface area contributed by atoms with Crippen LogP contribution in [0.4, 0.5) is 0 Å². The second-order valence-corrected chi connectivity index (χ2v) is 5.25. The number of carbonyl (C=O) groups is 1. The van der Waals surface area contributed by atoms with Gasteiger partial charge in [0, 0.05) is 31.5 Å². The van der Waals surface area contributed by atoms with Gasteiger partial charge in [-0.15, -0.1) is 0 Å². The normalized spacial score (nSPS) is 29.4. The van der Waals surface area contributed by atoms with Crippen molar-refractivity contribution in [3.63, 3.8) is 0 Å². The minimum atomic E-state index is -0.779. The summed E-state index contributed by atoms with van der Waals surface area (Å²) < 4.78 is 5.16. The van der Waals surface area contributed by atoms with Gasteiger partial charge >= 0.3 is 0 Å². The Kier molecular flexibility index (Phi) is 4.64. The highest BCUT2D eigenvalue weighted by atomic mass is 16.5. The number of rotatable bonds is 5. The molecule has 0 aliphatic heterocycles. The van der Waals surface area contributed by atoms with Crippen LogP contribution >= 0.6 is 0 Å². The zero-order chi connectivity index (χ0) is 14.6. The Morgan fingerprint density at radius 3 is 2.70 bits per heavy atom. The van der Waals surface area contributed by atoms with Gasteiger partial charge in [0.2, 0.25) is 0 Å². The first kappa shape index (κ1) is 14.8. The second kappa shape index (κ2) is 6.25. The molecule has 1 amide bonds. The van der Waals surface area contributed by atoms with E-state index in [9.17, 15) is 15.0 Å². The Labute approximate surface area is 117 Å². The third-order valence-corrected chi connectivity index (χ3v) is 3.60. The average molecular weight is 281 g/mol. The highest BCUT2D eigenvalue weighted by molar-refractivity contribution is 5.91. The number of nitrogens with zero attached hydrogens (tertiary/aromatic N) is 2. The van der Waals surface area contributed by atoms with Crippen LogP contribution in [0.3, 0.4) is 0 Å². The third-order valence-electron chi connectivity index (χ3n) is 3.60. The van der Waals surface area contributed by atoms with E-state index in [2.05, 4.69) is 15.3 Å². The SMILES string of the molecule is COCC1(CNC(=O)c2cnccn2)C[C@@H](O)[C@@H](O)C1. The molecule has 7 nitrogen and oxygen atoms in total. The van der Waals surface area contributed by atoms with Gasteiger partial charge in [-0.1, -0.05) is 0 Å². The Balaban J connectivity index is 1.98. The van der Waals surface area contributed by atoms with Crippen LogP contribution < -0.4 is 5.32 Å². The number of aliphatic hydroxyl groups excluding tert-OH is 2. The van der Waals surface area contributed by atoms with Crippen LogP contribution in [0.15, 0.2) is 18.6 Å². The van der Waals surface area contributed by atoms with Crippen molar-refractivity contribution in [1.82, 2.24) is 15.3 Å². The highest BCUT2D eigenvalue weighted by Crippen LogP contribution is 2.38. The lowest BCUT2D eigenvalue weighted by Gasteiger charge is -2.28. The van der Waals surface area contributed by atoms with Crippen LogP contribution in [0.5, 0.6) is 0 Å². The van der Waals surface area contributed by atoms with Crippen LogP contribution in [0.2, 0.25) is 0 Å².